The van der Waals surface area contributed by atoms with Crippen LogP contribution in [0.5, 0.6) is 0 Å². The zero-order valence-corrected chi connectivity index (χ0v) is 12.4. The van der Waals surface area contributed by atoms with E-state index in [1.165, 1.54) is 16.7 Å². The number of para-hydroxylation sites is 1. The molecule has 3 heteroatoms. The van der Waals surface area contributed by atoms with Gasteiger partial charge in [-0.3, -0.25) is 5.84 Å². The van der Waals surface area contributed by atoms with Gasteiger partial charge in [0, 0.05) is 5.39 Å². The van der Waals surface area contributed by atoms with E-state index < -0.39 is 0 Å². The lowest BCUT2D eigenvalue weighted by Crippen LogP contribution is -2.29. The average Bonchev–Trinajstić information content (AvgIpc) is 2.91. The Kier molecular flexibility index (Phi) is 3.78. The van der Waals surface area contributed by atoms with Crippen LogP contribution in [0, 0.1) is 13.8 Å². The molecule has 0 radical (unpaired) electrons. The predicted molar refractivity (Wildman–Crippen MR) is 85.9 cm³/mol. The van der Waals surface area contributed by atoms with Gasteiger partial charge in [-0.25, -0.2) is 5.43 Å². The summed E-state index contributed by atoms with van der Waals surface area (Å²) in [5.74, 6) is 6.63. The minimum atomic E-state index is -0.0297. The minimum absolute atomic E-state index is 0.0297. The van der Waals surface area contributed by atoms with E-state index in [0.29, 0.717) is 0 Å². The Hall–Kier alpha value is -2.10. The number of rotatable bonds is 4. The molecular formula is C18H20N2O. The van der Waals surface area contributed by atoms with Gasteiger partial charge < -0.3 is 4.42 Å². The van der Waals surface area contributed by atoms with Crippen LogP contribution < -0.4 is 11.3 Å². The highest BCUT2D eigenvalue weighted by Crippen LogP contribution is 2.26. The van der Waals surface area contributed by atoms with Crippen molar-refractivity contribution in [1.29, 1.82) is 0 Å². The topological polar surface area (TPSA) is 51.2 Å². The summed E-state index contributed by atoms with van der Waals surface area (Å²) in [6.07, 6.45) is 0.809. The van der Waals surface area contributed by atoms with E-state index in [4.69, 9.17) is 10.3 Å². The number of nitrogens with two attached hydrogens (primary N) is 1. The molecule has 3 nitrogen and oxygen atoms in total. The maximum atomic E-state index is 5.92. The lowest BCUT2D eigenvalue weighted by atomic mass is 9.98. The zero-order valence-electron chi connectivity index (χ0n) is 12.4. The van der Waals surface area contributed by atoms with Crippen LogP contribution >= 0.6 is 0 Å². The molecule has 0 aliphatic rings. The molecule has 3 N–H and O–H groups in total. The Morgan fingerprint density at radius 1 is 1.10 bits per heavy atom. The molecule has 1 unspecified atom stereocenters. The number of aryl methyl sites for hydroxylation is 2. The van der Waals surface area contributed by atoms with Gasteiger partial charge in [-0.1, -0.05) is 42.0 Å². The number of furan rings is 1. The largest absolute Gasteiger partial charge is 0.459 e. The zero-order chi connectivity index (χ0) is 14.8. The highest BCUT2D eigenvalue weighted by molar-refractivity contribution is 5.77. The van der Waals surface area contributed by atoms with E-state index >= 15 is 0 Å². The molecule has 3 rings (SSSR count). The molecule has 0 spiro atoms. The molecule has 1 aromatic heterocycles. The molecule has 108 valence electrons. The van der Waals surface area contributed by atoms with Gasteiger partial charge in [0.2, 0.25) is 0 Å². The Labute approximate surface area is 124 Å². The summed E-state index contributed by atoms with van der Waals surface area (Å²) in [4.78, 5) is 0. The molecule has 1 atom stereocenters. The number of fused-ring (bicyclic) bond motifs is 1. The second-order valence-corrected chi connectivity index (χ2v) is 5.54. The van der Waals surface area contributed by atoms with Gasteiger partial charge in [0.15, 0.2) is 0 Å². The van der Waals surface area contributed by atoms with Crippen LogP contribution in [-0.2, 0) is 6.42 Å². The summed E-state index contributed by atoms with van der Waals surface area (Å²) in [5.41, 5.74) is 7.60. The molecular weight excluding hydrogens is 260 g/mol. The van der Waals surface area contributed by atoms with Gasteiger partial charge in [-0.15, -0.1) is 0 Å². The summed E-state index contributed by atoms with van der Waals surface area (Å²) in [6, 6.07) is 16.5. The van der Waals surface area contributed by atoms with Crippen LogP contribution in [0.1, 0.15) is 28.5 Å². The van der Waals surface area contributed by atoms with Crippen molar-refractivity contribution >= 4 is 11.0 Å². The average molecular weight is 280 g/mol. The molecule has 0 aliphatic heterocycles. The maximum Gasteiger partial charge on any atom is 0.134 e. The van der Waals surface area contributed by atoms with Crippen LogP contribution in [-0.4, -0.2) is 0 Å². The normalized spacial score (nSPS) is 12.7. The van der Waals surface area contributed by atoms with E-state index in [1.54, 1.807) is 0 Å². The Morgan fingerprint density at radius 2 is 1.90 bits per heavy atom. The van der Waals surface area contributed by atoms with E-state index in [-0.39, 0.29) is 6.04 Å². The second-order valence-electron chi connectivity index (χ2n) is 5.54. The molecule has 0 amide bonds. The minimum Gasteiger partial charge on any atom is -0.459 e. The number of hydrogen-bond acceptors (Lipinski definition) is 3. The van der Waals surface area contributed by atoms with Crippen LogP contribution in [0.3, 0.4) is 0 Å². The lowest BCUT2D eigenvalue weighted by molar-refractivity contribution is 0.434. The Bertz CT molecular complexity index is 728. The summed E-state index contributed by atoms with van der Waals surface area (Å²) in [5, 5.41) is 1.11. The van der Waals surface area contributed by atoms with Crippen molar-refractivity contribution in [3.05, 3.63) is 71.0 Å². The monoisotopic (exact) mass is 280 g/mol. The van der Waals surface area contributed by atoms with Crippen molar-refractivity contribution in [1.82, 2.24) is 5.43 Å². The fourth-order valence-electron chi connectivity index (χ4n) is 2.66. The second kappa shape index (κ2) is 5.72. The molecule has 0 bridgehead atoms. The standard InChI is InChI=1S/C18H20N2O/c1-12-7-8-13(2)15(9-12)10-16(20-19)18-11-14-5-3-4-6-17(14)21-18/h3-9,11,16,20H,10,19H2,1-2H3. The summed E-state index contributed by atoms with van der Waals surface area (Å²) < 4.78 is 5.92. The first kappa shape index (κ1) is 13.9. The number of hydrazine groups is 1. The molecule has 0 saturated heterocycles. The first-order valence-electron chi connectivity index (χ1n) is 7.18. The van der Waals surface area contributed by atoms with Crippen molar-refractivity contribution in [2.45, 2.75) is 26.3 Å². The van der Waals surface area contributed by atoms with Gasteiger partial charge in [0.25, 0.3) is 0 Å². The molecule has 0 aliphatic carbocycles. The summed E-state index contributed by atoms with van der Waals surface area (Å²) in [7, 11) is 0. The highest BCUT2D eigenvalue weighted by atomic mass is 16.3. The number of nitrogens with one attached hydrogen (secondary N) is 1. The van der Waals surface area contributed by atoms with Crippen molar-refractivity contribution in [2.24, 2.45) is 5.84 Å². The van der Waals surface area contributed by atoms with Crippen LogP contribution in [0.2, 0.25) is 0 Å². The van der Waals surface area contributed by atoms with E-state index in [0.717, 1.165) is 23.2 Å². The van der Waals surface area contributed by atoms with Gasteiger partial charge in [0.1, 0.15) is 11.3 Å². The summed E-state index contributed by atoms with van der Waals surface area (Å²) in [6.45, 7) is 4.23. The molecule has 1 heterocycles. The number of benzene rings is 2. The smallest absolute Gasteiger partial charge is 0.134 e. The third-order valence-corrected chi connectivity index (χ3v) is 3.92. The quantitative estimate of drug-likeness (QED) is 0.564. The van der Waals surface area contributed by atoms with E-state index in [1.807, 2.05) is 24.3 Å². The first-order valence-corrected chi connectivity index (χ1v) is 7.18. The number of hydrogen-bond donors (Lipinski definition) is 2. The third-order valence-electron chi connectivity index (χ3n) is 3.92. The van der Waals surface area contributed by atoms with E-state index in [9.17, 15) is 0 Å². The fraction of sp³-hybridized carbons (Fsp3) is 0.222. The summed E-state index contributed by atoms with van der Waals surface area (Å²) >= 11 is 0. The van der Waals surface area contributed by atoms with Crippen LogP contribution in [0.25, 0.3) is 11.0 Å². The predicted octanol–water partition coefficient (Wildman–Crippen LogP) is 3.80. The van der Waals surface area contributed by atoms with Gasteiger partial charge >= 0.3 is 0 Å². The first-order chi connectivity index (χ1) is 10.2. The SMILES string of the molecule is Cc1ccc(C)c(CC(NN)c2cc3ccccc3o2)c1. The van der Waals surface area contributed by atoms with Crippen molar-refractivity contribution in [3.8, 4) is 0 Å². The van der Waals surface area contributed by atoms with Gasteiger partial charge in [-0.05, 0) is 43.5 Å². The molecule has 21 heavy (non-hydrogen) atoms. The van der Waals surface area contributed by atoms with Crippen molar-refractivity contribution in [2.75, 3.05) is 0 Å². The molecule has 0 fully saturated rings. The van der Waals surface area contributed by atoms with Crippen LogP contribution in [0.15, 0.2) is 52.9 Å². The van der Waals surface area contributed by atoms with Crippen molar-refractivity contribution in [3.63, 3.8) is 0 Å². The van der Waals surface area contributed by atoms with Crippen molar-refractivity contribution < 1.29 is 4.42 Å². The van der Waals surface area contributed by atoms with Gasteiger partial charge in [0.05, 0.1) is 6.04 Å². The third kappa shape index (κ3) is 2.84. The Balaban J connectivity index is 1.92. The Morgan fingerprint density at radius 3 is 2.67 bits per heavy atom. The van der Waals surface area contributed by atoms with Crippen LogP contribution in [0.4, 0.5) is 0 Å². The molecule has 2 aromatic carbocycles. The highest BCUT2D eigenvalue weighted by Gasteiger charge is 2.16. The van der Waals surface area contributed by atoms with E-state index in [2.05, 4.69) is 43.5 Å². The molecule has 3 aromatic rings. The molecule has 0 saturated carbocycles. The maximum absolute atomic E-state index is 5.92. The lowest BCUT2D eigenvalue weighted by Gasteiger charge is -2.15. The fourth-order valence-corrected chi connectivity index (χ4v) is 2.66. The van der Waals surface area contributed by atoms with Gasteiger partial charge in [-0.2, -0.15) is 0 Å².